The maximum Gasteiger partial charge on any atom is 0.0601 e. The first-order chi connectivity index (χ1) is 20.8. The molecule has 0 fully saturated rings. The van der Waals surface area contributed by atoms with Crippen LogP contribution in [0.2, 0.25) is 0 Å². The first kappa shape index (κ1) is 24.4. The Morgan fingerprint density at radius 2 is 0.690 bits per heavy atom. The highest BCUT2D eigenvalue weighted by Gasteiger charge is 2.28. The van der Waals surface area contributed by atoms with Gasteiger partial charge in [-0.25, -0.2) is 0 Å². The van der Waals surface area contributed by atoms with Crippen LogP contribution in [0.25, 0.3) is 0 Å². The van der Waals surface area contributed by atoms with Crippen molar-refractivity contribution in [3.63, 3.8) is 0 Å². The molecule has 0 radical (unpaired) electrons. The molecule has 3 aliphatic rings. The molecule has 0 bridgehead atoms. The fourth-order valence-corrected chi connectivity index (χ4v) is 9.07. The summed E-state index contributed by atoms with van der Waals surface area (Å²) in [7, 11) is 0. The van der Waals surface area contributed by atoms with E-state index >= 15 is 0 Å². The molecule has 3 heterocycles. The number of nitrogens with one attached hydrogen (secondary N) is 1. The van der Waals surface area contributed by atoms with E-state index in [4.69, 9.17) is 0 Å². The van der Waals surface area contributed by atoms with E-state index in [0.717, 1.165) is 11.4 Å². The molecule has 0 aliphatic carbocycles. The summed E-state index contributed by atoms with van der Waals surface area (Å²) in [5, 5.41) is 3.71. The van der Waals surface area contributed by atoms with Crippen LogP contribution >= 0.6 is 35.3 Å². The predicted octanol–water partition coefficient (Wildman–Crippen LogP) is 11.8. The van der Waals surface area contributed by atoms with Gasteiger partial charge < -0.3 is 15.1 Å². The van der Waals surface area contributed by atoms with Crippen LogP contribution in [0.15, 0.2) is 163 Å². The van der Waals surface area contributed by atoms with E-state index in [1.807, 2.05) is 35.3 Å². The Morgan fingerprint density at radius 3 is 1.07 bits per heavy atom. The molecule has 0 amide bonds. The summed E-state index contributed by atoms with van der Waals surface area (Å²) in [5.41, 5.74) is 9.49. The van der Waals surface area contributed by atoms with Crippen LogP contribution in [0.3, 0.4) is 0 Å². The largest absolute Gasteiger partial charge is 0.354 e. The standard InChI is InChI=1S/C36H23N3S3/c1-5-13-31-27(9-1)38(28-10-2-6-14-32(28)40-31)23-17-19-25-35(21-23)42-36-22-24(18-20-26(36)37-25)39-29-11-3-7-15-33(29)41-34-16-8-4-12-30(34)39/h1-22,37H. The molecule has 200 valence electrons. The zero-order valence-corrected chi connectivity index (χ0v) is 24.8. The van der Waals surface area contributed by atoms with Crippen molar-refractivity contribution in [1.29, 1.82) is 0 Å². The van der Waals surface area contributed by atoms with E-state index in [0.29, 0.717) is 0 Å². The minimum absolute atomic E-state index is 1.14. The van der Waals surface area contributed by atoms with Crippen molar-refractivity contribution >= 4 is 80.8 Å². The van der Waals surface area contributed by atoms with E-state index in [9.17, 15) is 0 Å². The fraction of sp³-hybridized carbons (Fsp3) is 0. The van der Waals surface area contributed by atoms with E-state index in [-0.39, 0.29) is 0 Å². The van der Waals surface area contributed by atoms with Gasteiger partial charge in [-0.1, -0.05) is 83.8 Å². The fourth-order valence-electron chi connectivity index (χ4n) is 5.90. The molecule has 0 atom stereocenters. The highest BCUT2D eigenvalue weighted by atomic mass is 32.2. The quantitative estimate of drug-likeness (QED) is 0.213. The van der Waals surface area contributed by atoms with Crippen LogP contribution < -0.4 is 15.1 Å². The third kappa shape index (κ3) is 3.87. The molecule has 3 nitrogen and oxygen atoms in total. The SMILES string of the molecule is c1ccc2c(c1)Sc1ccccc1N2c1ccc2c(c1)Sc1cc(N3c4ccccc4Sc4ccccc43)ccc1N2. The molecule has 6 heteroatoms. The van der Waals surface area contributed by atoms with E-state index in [1.54, 1.807) is 0 Å². The molecule has 0 saturated carbocycles. The van der Waals surface area contributed by atoms with Gasteiger partial charge in [0, 0.05) is 40.7 Å². The van der Waals surface area contributed by atoms with Gasteiger partial charge in [0.2, 0.25) is 0 Å². The second-order valence-electron chi connectivity index (χ2n) is 10.3. The van der Waals surface area contributed by atoms with Crippen LogP contribution in [0.1, 0.15) is 0 Å². The van der Waals surface area contributed by atoms with Crippen molar-refractivity contribution in [1.82, 2.24) is 0 Å². The van der Waals surface area contributed by atoms with Gasteiger partial charge in [-0.3, -0.25) is 0 Å². The van der Waals surface area contributed by atoms with E-state index in [1.165, 1.54) is 63.5 Å². The second kappa shape index (κ2) is 9.66. The number of rotatable bonds is 2. The summed E-state index contributed by atoms with van der Waals surface area (Å²) in [6.45, 7) is 0. The molecule has 6 aromatic rings. The normalized spacial score (nSPS) is 14.0. The lowest BCUT2D eigenvalue weighted by Crippen LogP contribution is -2.15. The summed E-state index contributed by atoms with van der Waals surface area (Å²) in [5.74, 6) is 0. The highest BCUT2D eigenvalue weighted by Crippen LogP contribution is 2.55. The minimum Gasteiger partial charge on any atom is -0.354 e. The number of benzene rings is 6. The van der Waals surface area contributed by atoms with Crippen molar-refractivity contribution < 1.29 is 0 Å². The Hall–Kier alpha value is -4.23. The zero-order valence-electron chi connectivity index (χ0n) is 22.3. The first-order valence-corrected chi connectivity index (χ1v) is 16.3. The van der Waals surface area contributed by atoms with Gasteiger partial charge >= 0.3 is 0 Å². The van der Waals surface area contributed by atoms with Crippen molar-refractivity contribution in [3.05, 3.63) is 133 Å². The van der Waals surface area contributed by atoms with Crippen molar-refractivity contribution in [2.45, 2.75) is 29.4 Å². The van der Waals surface area contributed by atoms with Gasteiger partial charge in [0.05, 0.1) is 34.1 Å². The average molecular weight is 594 g/mol. The third-order valence-electron chi connectivity index (χ3n) is 7.80. The molecular formula is C36H23N3S3. The first-order valence-electron chi connectivity index (χ1n) is 13.9. The number of hydrogen-bond donors (Lipinski definition) is 1. The molecule has 3 aliphatic heterocycles. The average Bonchev–Trinajstić information content (AvgIpc) is 3.04. The molecule has 1 N–H and O–H groups in total. The molecule has 0 saturated heterocycles. The zero-order chi connectivity index (χ0) is 27.6. The molecule has 42 heavy (non-hydrogen) atoms. The Labute approximate surface area is 257 Å². The maximum atomic E-state index is 3.71. The number of hydrogen-bond acceptors (Lipinski definition) is 6. The van der Waals surface area contributed by atoms with Crippen molar-refractivity contribution in [2.24, 2.45) is 0 Å². The lowest BCUT2D eigenvalue weighted by atomic mass is 10.1. The van der Waals surface area contributed by atoms with Crippen LogP contribution in [-0.2, 0) is 0 Å². The summed E-state index contributed by atoms with van der Waals surface area (Å²) in [4.78, 5) is 12.3. The Balaban J connectivity index is 1.12. The Bertz CT molecular complexity index is 1800. The number of fused-ring (bicyclic) bond motifs is 6. The van der Waals surface area contributed by atoms with Crippen molar-refractivity contribution in [3.8, 4) is 0 Å². The summed E-state index contributed by atoms with van der Waals surface area (Å²) in [6.07, 6.45) is 0. The summed E-state index contributed by atoms with van der Waals surface area (Å²) in [6, 6.07) is 48.3. The van der Waals surface area contributed by atoms with Crippen LogP contribution in [0.5, 0.6) is 0 Å². The Morgan fingerprint density at radius 1 is 0.357 bits per heavy atom. The third-order valence-corrected chi connectivity index (χ3v) is 11.2. The van der Waals surface area contributed by atoms with Gasteiger partial charge in [-0.15, -0.1) is 0 Å². The lowest BCUT2D eigenvalue weighted by Gasteiger charge is -2.34. The smallest absolute Gasteiger partial charge is 0.0601 e. The summed E-state index contributed by atoms with van der Waals surface area (Å²) < 4.78 is 0. The van der Waals surface area contributed by atoms with Gasteiger partial charge in [-0.05, 0) is 84.9 Å². The number of anilines is 8. The predicted molar refractivity (Wildman–Crippen MR) is 178 cm³/mol. The van der Waals surface area contributed by atoms with Crippen LogP contribution in [0, 0.1) is 0 Å². The van der Waals surface area contributed by atoms with E-state index in [2.05, 4.69) is 149 Å². The Kier molecular flexibility index (Phi) is 5.61. The highest BCUT2D eigenvalue weighted by molar-refractivity contribution is 8.00. The molecule has 9 rings (SSSR count). The molecule has 0 spiro atoms. The summed E-state index contributed by atoms with van der Waals surface area (Å²) >= 11 is 5.52. The van der Waals surface area contributed by atoms with Crippen LogP contribution in [0.4, 0.5) is 45.5 Å². The molecule has 6 aromatic carbocycles. The van der Waals surface area contributed by atoms with E-state index < -0.39 is 0 Å². The molecule has 0 aromatic heterocycles. The van der Waals surface area contributed by atoms with Gasteiger partial charge in [0.1, 0.15) is 0 Å². The molecular weight excluding hydrogens is 571 g/mol. The van der Waals surface area contributed by atoms with Crippen LogP contribution in [-0.4, -0.2) is 0 Å². The van der Waals surface area contributed by atoms with Crippen molar-refractivity contribution in [2.75, 3.05) is 15.1 Å². The lowest BCUT2D eigenvalue weighted by molar-refractivity contribution is 1.15. The van der Waals surface area contributed by atoms with Gasteiger partial charge in [-0.2, -0.15) is 0 Å². The number of nitrogens with zero attached hydrogens (tertiary/aromatic N) is 2. The van der Waals surface area contributed by atoms with Gasteiger partial charge in [0.25, 0.3) is 0 Å². The minimum atomic E-state index is 1.14. The molecule has 0 unspecified atom stereocenters. The number of para-hydroxylation sites is 4. The second-order valence-corrected chi connectivity index (χ2v) is 13.6. The monoisotopic (exact) mass is 593 g/mol. The maximum absolute atomic E-state index is 3.71. The van der Waals surface area contributed by atoms with Gasteiger partial charge in [0.15, 0.2) is 0 Å². The topological polar surface area (TPSA) is 18.5 Å².